The van der Waals surface area contributed by atoms with Crippen LogP contribution in [0.25, 0.3) is 0 Å². The highest BCUT2D eigenvalue weighted by molar-refractivity contribution is 5.32. The van der Waals surface area contributed by atoms with Gasteiger partial charge in [0.2, 0.25) is 0 Å². The van der Waals surface area contributed by atoms with Gasteiger partial charge in [-0.25, -0.2) is 0 Å². The van der Waals surface area contributed by atoms with Crippen LogP contribution < -0.4 is 11.5 Å². The minimum atomic E-state index is 0.835. The average Bonchev–Trinajstić information content (AvgIpc) is 1.84. The third kappa shape index (κ3) is 2.13. The molecule has 0 aliphatic heterocycles. The third-order valence-corrected chi connectivity index (χ3v) is 1.75. The number of allylic oxidation sites excluding steroid dienone is 4. The van der Waals surface area contributed by atoms with Gasteiger partial charge in [0, 0.05) is 11.4 Å². The highest BCUT2D eigenvalue weighted by atomic mass is 14.6. The van der Waals surface area contributed by atoms with E-state index in [9.17, 15) is 0 Å². The molecule has 0 saturated heterocycles. The first-order chi connectivity index (χ1) is 4.46. The molecule has 0 atom stereocenters. The van der Waals surface area contributed by atoms with E-state index in [4.69, 9.17) is 11.5 Å². The summed E-state index contributed by atoms with van der Waals surface area (Å²) < 4.78 is 0. The van der Waals surface area contributed by atoms with E-state index in [2.05, 4.69) is 0 Å². The molecule has 2 nitrogen and oxygen atoms in total. The first kappa shape index (κ1) is 9.08. The second-order valence-corrected chi connectivity index (χ2v) is 2.62. The molecule has 10 heavy (non-hydrogen) atoms. The molecule has 0 aliphatic carbocycles. The van der Waals surface area contributed by atoms with Crippen molar-refractivity contribution in [3.8, 4) is 0 Å². The predicted molar refractivity (Wildman–Crippen MR) is 45.1 cm³/mol. The lowest BCUT2D eigenvalue weighted by Crippen LogP contribution is -2.02. The summed E-state index contributed by atoms with van der Waals surface area (Å²) in [5.74, 6) is 0. The minimum Gasteiger partial charge on any atom is -0.402 e. The third-order valence-electron chi connectivity index (χ3n) is 1.75. The van der Waals surface area contributed by atoms with Gasteiger partial charge in [-0.3, -0.25) is 0 Å². The van der Waals surface area contributed by atoms with E-state index in [0.717, 1.165) is 22.5 Å². The van der Waals surface area contributed by atoms with E-state index in [0.29, 0.717) is 0 Å². The van der Waals surface area contributed by atoms with Crippen LogP contribution >= 0.6 is 0 Å². The van der Waals surface area contributed by atoms with E-state index < -0.39 is 0 Å². The normalized spacial score (nSPS) is 16.0. The van der Waals surface area contributed by atoms with Gasteiger partial charge in [0.1, 0.15) is 0 Å². The van der Waals surface area contributed by atoms with E-state index in [1.165, 1.54) is 0 Å². The molecule has 0 bridgehead atoms. The first-order valence-corrected chi connectivity index (χ1v) is 3.33. The molecule has 0 aromatic carbocycles. The smallest absolute Gasteiger partial charge is 0.00818 e. The molecular formula is C8H16N2. The summed E-state index contributed by atoms with van der Waals surface area (Å²) in [5, 5.41) is 0. The molecule has 0 fully saturated rings. The second-order valence-electron chi connectivity index (χ2n) is 2.62. The lowest BCUT2D eigenvalue weighted by atomic mass is 10.1. The molecule has 0 radical (unpaired) electrons. The molecule has 0 amide bonds. The van der Waals surface area contributed by atoms with Gasteiger partial charge in [-0.1, -0.05) is 0 Å². The van der Waals surface area contributed by atoms with Crippen molar-refractivity contribution in [2.75, 3.05) is 0 Å². The van der Waals surface area contributed by atoms with Gasteiger partial charge in [-0.15, -0.1) is 0 Å². The maximum Gasteiger partial charge on any atom is 0.00818 e. The van der Waals surface area contributed by atoms with E-state index in [1.807, 2.05) is 27.7 Å². The Labute approximate surface area is 62.6 Å². The van der Waals surface area contributed by atoms with Gasteiger partial charge < -0.3 is 11.5 Å². The Morgan fingerprint density at radius 3 is 1.00 bits per heavy atom. The Bertz CT molecular complexity index is 157. The molecule has 58 valence electrons. The number of nitrogens with two attached hydrogens (primary N) is 2. The molecule has 2 heteroatoms. The summed E-state index contributed by atoms with van der Waals surface area (Å²) in [6, 6.07) is 0. The van der Waals surface area contributed by atoms with Crippen LogP contribution in [0.1, 0.15) is 27.7 Å². The van der Waals surface area contributed by atoms with Gasteiger partial charge in [0.05, 0.1) is 0 Å². The molecule has 0 spiro atoms. The van der Waals surface area contributed by atoms with Crippen molar-refractivity contribution in [2.45, 2.75) is 27.7 Å². The van der Waals surface area contributed by atoms with Gasteiger partial charge in [-0.2, -0.15) is 0 Å². The van der Waals surface area contributed by atoms with Crippen molar-refractivity contribution in [1.82, 2.24) is 0 Å². The van der Waals surface area contributed by atoms with Crippen LogP contribution in [0.5, 0.6) is 0 Å². The topological polar surface area (TPSA) is 52.0 Å². The van der Waals surface area contributed by atoms with Crippen LogP contribution in [0.4, 0.5) is 0 Å². The van der Waals surface area contributed by atoms with Crippen molar-refractivity contribution < 1.29 is 0 Å². The van der Waals surface area contributed by atoms with Crippen LogP contribution in [0.15, 0.2) is 22.5 Å². The maximum atomic E-state index is 5.56. The van der Waals surface area contributed by atoms with Crippen LogP contribution in [0.3, 0.4) is 0 Å². The molecule has 0 aliphatic rings. The summed E-state index contributed by atoms with van der Waals surface area (Å²) in [6.45, 7) is 7.70. The SMILES string of the molecule is C/C(N)=C(C)/C(C)=C(/C)N. The zero-order valence-electron chi connectivity index (χ0n) is 7.15. The molecule has 0 saturated carbocycles. The second kappa shape index (κ2) is 3.30. The Morgan fingerprint density at radius 1 is 0.700 bits per heavy atom. The minimum absolute atomic E-state index is 0.835. The standard InChI is InChI=1S/C8H16N2/c1-5(7(3)9)6(2)8(4)10/h9-10H2,1-4H3/b7-5-,8-6-. The van der Waals surface area contributed by atoms with Crippen LogP contribution in [0, 0.1) is 0 Å². The van der Waals surface area contributed by atoms with E-state index in [1.54, 1.807) is 0 Å². The Morgan fingerprint density at radius 2 is 0.900 bits per heavy atom. The van der Waals surface area contributed by atoms with Gasteiger partial charge in [0.15, 0.2) is 0 Å². The highest BCUT2D eigenvalue weighted by Gasteiger charge is 1.97. The van der Waals surface area contributed by atoms with Gasteiger partial charge in [0.25, 0.3) is 0 Å². The number of hydrogen-bond donors (Lipinski definition) is 2. The average molecular weight is 140 g/mol. The van der Waals surface area contributed by atoms with Crippen LogP contribution in [-0.2, 0) is 0 Å². The summed E-state index contributed by atoms with van der Waals surface area (Å²) in [6.07, 6.45) is 0. The zero-order chi connectivity index (χ0) is 8.31. The Kier molecular flexibility index (Phi) is 3.00. The zero-order valence-corrected chi connectivity index (χ0v) is 7.15. The van der Waals surface area contributed by atoms with Crippen molar-refractivity contribution in [2.24, 2.45) is 11.5 Å². The van der Waals surface area contributed by atoms with Crippen LogP contribution in [-0.4, -0.2) is 0 Å². The fourth-order valence-corrected chi connectivity index (χ4v) is 0.592. The largest absolute Gasteiger partial charge is 0.402 e. The quantitative estimate of drug-likeness (QED) is 0.542. The number of rotatable bonds is 1. The molecular weight excluding hydrogens is 124 g/mol. The Balaban J connectivity index is 4.71. The van der Waals surface area contributed by atoms with Crippen LogP contribution in [0.2, 0.25) is 0 Å². The first-order valence-electron chi connectivity index (χ1n) is 3.33. The summed E-state index contributed by atoms with van der Waals surface area (Å²) in [7, 11) is 0. The monoisotopic (exact) mass is 140 g/mol. The van der Waals surface area contributed by atoms with Gasteiger partial charge >= 0.3 is 0 Å². The molecule has 0 aromatic rings. The summed E-state index contributed by atoms with van der Waals surface area (Å²) in [5.41, 5.74) is 15.0. The van der Waals surface area contributed by atoms with Gasteiger partial charge in [-0.05, 0) is 38.8 Å². The molecule has 0 unspecified atom stereocenters. The fraction of sp³-hybridized carbons (Fsp3) is 0.500. The predicted octanol–water partition coefficient (Wildman–Crippen LogP) is 1.49. The van der Waals surface area contributed by atoms with Crippen molar-refractivity contribution in [3.05, 3.63) is 22.5 Å². The molecule has 4 N–H and O–H groups in total. The highest BCUT2D eigenvalue weighted by Crippen LogP contribution is 2.11. The molecule has 0 heterocycles. The lowest BCUT2D eigenvalue weighted by Gasteiger charge is -2.05. The van der Waals surface area contributed by atoms with Crippen molar-refractivity contribution in [1.29, 1.82) is 0 Å². The lowest BCUT2D eigenvalue weighted by molar-refractivity contribution is 1.13. The van der Waals surface area contributed by atoms with Crippen molar-refractivity contribution >= 4 is 0 Å². The summed E-state index contributed by atoms with van der Waals surface area (Å²) in [4.78, 5) is 0. The Hall–Kier alpha value is -0.920. The maximum absolute atomic E-state index is 5.56. The molecule has 0 rings (SSSR count). The fourth-order valence-electron chi connectivity index (χ4n) is 0.592. The number of hydrogen-bond acceptors (Lipinski definition) is 2. The van der Waals surface area contributed by atoms with E-state index >= 15 is 0 Å². The van der Waals surface area contributed by atoms with Crippen molar-refractivity contribution in [3.63, 3.8) is 0 Å². The van der Waals surface area contributed by atoms with E-state index in [-0.39, 0.29) is 0 Å². The summed E-state index contributed by atoms with van der Waals surface area (Å²) >= 11 is 0. The molecule has 0 aromatic heterocycles.